The summed E-state index contributed by atoms with van der Waals surface area (Å²) in [6.07, 6.45) is 3.40. The molecule has 126 valence electrons. The van der Waals surface area contributed by atoms with E-state index in [-0.39, 0.29) is 37.2 Å². The second-order valence-electron chi connectivity index (χ2n) is 8.27. The van der Waals surface area contributed by atoms with Crippen LogP contribution in [0.1, 0.15) is 39.2 Å². The van der Waals surface area contributed by atoms with Crippen LogP contribution < -0.4 is 5.73 Å². The van der Waals surface area contributed by atoms with Gasteiger partial charge in [-0.15, -0.1) is 12.4 Å². The Labute approximate surface area is 145 Å². The molecule has 0 aromatic heterocycles. The van der Waals surface area contributed by atoms with Crippen molar-refractivity contribution in [2.24, 2.45) is 23.0 Å². The maximum absolute atomic E-state index is 6.40. The van der Waals surface area contributed by atoms with E-state index in [0.717, 1.165) is 18.8 Å². The first-order chi connectivity index (χ1) is 10.4. The van der Waals surface area contributed by atoms with Crippen LogP contribution in [-0.2, 0) is 15.7 Å². The molecule has 1 aromatic carbocycles. The Morgan fingerprint density at radius 2 is 1.96 bits per heavy atom. The normalized spacial score (nSPS) is 38.3. The van der Waals surface area contributed by atoms with Gasteiger partial charge in [-0.1, -0.05) is 44.2 Å². The van der Waals surface area contributed by atoms with Crippen molar-refractivity contribution >= 4 is 19.5 Å². The molecule has 4 fully saturated rings. The third-order valence-electron chi connectivity index (χ3n) is 6.50. The summed E-state index contributed by atoms with van der Waals surface area (Å²) in [6, 6.07) is 10.4. The Morgan fingerprint density at radius 3 is 2.61 bits per heavy atom. The van der Waals surface area contributed by atoms with Crippen molar-refractivity contribution in [1.29, 1.82) is 0 Å². The summed E-state index contributed by atoms with van der Waals surface area (Å²) in [6.45, 7) is 6.99. The number of nitrogens with two attached hydrogens (primary N) is 1. The van der Waals surface area contributed by atoms with Gasteiger partial charge in [0.2, 0.25) is 0 Å². The summed E-state index contributed by atoms with van der Waals surface area (Å²) >= 11 is 0. The predicted octanol–water partition coefficient (Wildman–Crippen LogP) is 3.25. The van der Waals surface area contributed by atoms with Gasteiger partial charge in [0.15, 0.2) is 0 Å². The van der Waals surface area contributed by atoms with Crippen LogP contribution in [0.2, 0.25) is 0 Å². The Bertz CT molecular complexity index is 569. The molecule has 5 heteroatoms. The number of benzene rings is 1. The Morgan fingerprint density at radius 1 is 1.26 bits per heavy atom. The highest BCUT2D eigenvalue weighted by molar-refractivity contribution is 6.47. The van der Waals surface area contributed by atoms with E-state index < -0.39 is 0 Å². The molecule has 0 spiro atoms. The zero-order valence-corrected chi connectivity index (χ0v) is 15.0. The summed E-state index contributed by atoms with van der Waals surface area (Å²) in [5.41, 5.74) is 7.90. The van der Waals surface area contributed by atoms with Crippen molar-refractivity contribution in [2.45, 2.75) is 57.7 Å². The first-order valence-electron chi connectivity index (χ1n) is 8.53. The maximum atomic E-state index is 6.40. The van der Waals surface area contributed by atoms with Crippen LogP contribution in [0.3, 0.4) is 0 Å². The van der Waals surface area contributed by atoms with E-state index in [1.807, 2.05) is 6.07 Å². The fourth-order valence-electron chi connectivity index (χ4n) is 4.91. The molecule has 1 aliphatic heterocycles. The molecule has 5 rings (SSSR count). The van der Waals surface area contributed by atoms with Gasteiger partial charge in [-0.05, 0) is 49.0 Å². The number of rotatable bonds is 3. The minimum atomic E-state index is -0.273. The van der Waals surface area contributed by atoms with Gasteiger partial charge in [-0.2, -0.15) is 0 Å². The molecule has 1 aromatic rings. The average Bonchev–Trinajstić information content (AvgIpc) is 2.85. The topological polar surface area (TPSA) is 44.5 Å². The van der Waals surface area contributed by atoms with E-state index in [1.165, 1.54) is 12.0 Å². The van der Waals surface area contributed by atoms with Crippen LogP contribution in [0, 0.1) is 17.3 Å². The average molecular weight is 336 g/mol. The molecule has 1 unspecified atom stereocenters. The molecule has 5 atom stereocenters. The van der Waals surface area contributed by atoms with E-state index >= 15 is 0 Å². The van der Waals surface area contributed by atoms with Gasteiger partial charge in [0.25, 0.3) is 0 Å². The van der Waals surface area contributed by atoms with Gasteiger partial charge in [-0.3, -0.25) is 0 Å². The minimum absolute atomic E-state index is 0. The van der Waals surface area contributed by atoms with Gasteiger partial charge in [0.1, 0.15) is 0 Å². The fourth-order valence-corrected chi connectivity index (χ4v) is 4.91. The molecule has 2 bridgehead atoms. The zero-order chi connectivity index (χ0) is 15.5. The molecule has 0 amide bonds. The van der Waals surface area contributed by atoms with Gasteiger partial charge in [0.05, 0.1) is 11.7 Å². The van der Waals surface area contributed by atoms with Crippen molar-refractivity contribution < 1.29 is 9.31 Å². The highest BCUT2D eigenvalue weighted by atomic mass is 35.5. The van der Waals surface area contributed by atoms with Crippen molar-refractivity contribution in [3.05, 3.63) is 35.9 Å². The highest BCUT2D eigenvalue weighted by Gasteiger charge is 2.67. The van der Waals surface area contributed by atoms with Crippen molar-refractivity contribution in [2.75, 3.05) is 0 Å². The standard InChI is InChI=1S/C18H26BNO2.ClH/c1-17(2)13-10-14(17)16-18(3,11-13)22-19(21-16)15(20)9-12-7-5-4-6-8-12;/h4-8,13-16H,9-11,20H2,1-3H3;1H/t13-,14+,15-,16?,18-;/m0./s1. The fraction of sp³-hybridized carbons (Fsp3) is 0.667. The van der Waals surface area contributed by atoms with Crippen molar-refractivity contribution in [3.8, 4) is 0 Å². The third-order valence-corrected chi connectivity index (χ3v) is 6.50. The Hall–Kier alpha value is -0.545. The van der Waals surface area contributed by atoms with Crippen LogP contribution in [0.15, 0.2) is 30.3 Å². The van der Waals surface area contributed by atoms with Crippen molar-refractivity contribution in [3.63, 3.8) is 0 Å². The molecular formula is C18H27BClNO2. The molecule has 0 radical (unpaired) electrons. The molecular weight excluding hydrogens is 308 g/mol. The molecule has 4 aliphatic rings. The molecule has 3 saturated carbocycles. The highest BCUT2D eigenvalue weighted by Crippen LogP contribution is 2.64. The van der Waals surface area contributed by atoms with E-state index in [2.05, 4.69) is 45.0 Å². The monoisotopic (exact) mass is 335 g/mol. The summed E-state index contributed by atoms with van der Waals surface area (Å²) < 4.78 is 12.7. The van der Waals surface area contributed by atoms with Crippen LogP contribution in [0.4, 0.5) is 0 Å². The van der Waals surface area contributed by atoms with Crippen molar-refractivity contribution in [1.82, 2.24) is 0 Å². The minimum Gasteiger partial charge on any atom is -0.404 e. The summed E-state index contributed by atoms with van der Waals surface area (Å²) in [5, 5.41) is 0. The lowest BCUT2D eigenvalue weighted by Gasteiger charge is -2.63. The SMILES string of the molecule is CC1(C)[C@H]2C[C@@H]1C1OB([C@@H](N)Cc3ccccc3)O[C@@]1(C)C2.Cl. The largest absolute Gasteiger partial charge is 0.475 e. The first kappa shape index (κ1) is 17.3. The number of hydrogen-bond acceptors (Lipinski definition) is 3. The second kappa shape index (κ2) is 5.77. The summed E-state index contributed by atoms with van der Waals surface area (Å²) in [7, 11) is -0.273. The molecule has 1 heterocycles. The van der Waals surface area contributed by atoms with Crippen LogP contribution in [-0.4, -0.2) is 24.8 Å². The molecule has 23 heavy (non-hydrogen) atoms. The molecule has 3 nitrogen and oxygen atoms in total. The van der Waals surface area contributed by atoms with Gasteiger partial charge < -0.3 is 15.0 Å². The zero-order valence-electron chi connectivity index (χ0n) is 14.2. The second-order valence-corrected chi connectivity index (χ2v) is 8.27. The first-order valence-corrected chi connectivity index (χ1v) is 8.53. The Kier molecular flexibility index (Phi) is 4.33. The third kappa shape index (κ3) is 2.64. The summed E-state index contributed by atoms with van der Waals surface area (Å²) in [5.74, 6) is 1.28. The van der Waals surface area contributed by atoms with Gasteiger partial charge in [0, 0.05) is 5.94 Å². The molecule has 1 saturated heterocycles. The lowest BCUT2D eigenvalue weighted by Crippen LogP contribution is -2.63. The number of hydrogen-bond donors (Lipinski definition) is 1. The smallest absolute Gasteiger partial charge is 0.404 e. The molecule has 2 N–H and O–H groups in total. The predicted molar refractivity (Wildman–Crippen MR) is 95.5 cm³/mol. The van der Waals surface area contributed by atoms with Gasteiger partial charge >= 0.3 is 7.12 Å². The lowest BCUT2D eigenvalue weighted by molar-refractivity contribution is -0.185. The van der Waals surface area contributed by atoms with Gasteiger partial charge in [-0.25, -0.2) is 0 Å². The number of halogens is 1. The Balaban J connectivity index is 0.00000156. The van der Waals surface area contributed by atoms with E-state index in [1.54, 1.807) is 0 Å². The van der Waals surface area contributed by atoms with E-state index in [9.17, 15) is 0 Å². The molecule has 3 aliphatic carbocycles. The quantitative estimate of drug-likeness (QED) is 0.862. The maximum Gasteiger partial charge on any atom is 0.475 e. The van der Waals surface area contributed by atoms with Crippen LogP contribution in [0.5, 0.6) is 0 Å². The van der Waals surface area contributed by atoms with Crippen LogP contribution >= 0.6 is 12.4 Å². The summed E-state index contributed by atoms with van der Waals surface area (Å²) in [4.78, 5) is 0. The lowest BCUT2D eigenvalue weighted by atomic mass is 9.45. The van der Waals surface area contributed by atoms with E-state index in [0.29, 0.717) is 11.3 Å². The van der Waals surface area contributed by atoms with E-state index in [4.69, 9.17) is 15.0 Å². The van der Waals surface area contributed by atoms with Crippen LogP contribution in [0.25, 0.3) is 0 Å².